The molecule has 0 radical (unpaired) electrons. The number of halogens is 1. The van der Waals surface area contributed by atoms with Crippen LogP contribution in [0, 0.1) is 6.92 Å². The molecule has 25 heavy (non-hydrogen) atoms. The molecule has 1 aromatic heterocycles. The molecule has 2 heterocycles. The van der Waals surface area contributed by atoms with Crippen LogP contribution in [-0.4, -0.2) is 38.9 Å². The van der Waals surface area contributed by atoms with Crippen molar-refractivity contribution in [1.29, 1.82) is 0 Å². The van der Waals surface area contributed by atoms with Crippen molar-refractivity contribution < 1.29 is 4.79 Å². The van der Waals surface area contributed by atoms with E-state index in [2.05, 4.69) is 51.4 Å². The van der Waals surface area contributed by atoms with Crippen LogP contribution in [0.4, 0.5) is 0 Å². The van der Waals surface area contributed by atoms with E-state index in [1.165, 1.54) is 5.56 Å². The number of nitrogens with zero attached hydrogens (tertiary/aromatic N) is 4. The first kappa shape index (κ1) is 16.3. The van der Waals surface area contributed by atoms with Crippen LogP contribution in [-0.2, 0) is 0 Å². The molecule has 0 N–H and O–H groups in total. The maximum Gasteiger partial charge on any atom is 0.254 e. The summed E-state index contributed by atoms with van der Waals surface area (Å²) in [5.41, 5.74) is 3.92. The van der Waals surface area contributed by atoms with E-state index < -0.39 is 0 Å². The fourth-order valence-electron chi connectivity index (χ4n) is 3.44. The van der Waals surface area contributed by atoms with E-state index in [0.29, 0.717) is 0 Å². The summed E-state index contributed by atoms with van der Waals surface area (Å²) in [5, 5.41) is 8.65. The highest BCUT2D eigenvalue weighted by atomic mass is 79.9. The maximum absolute atomic E-state index is 12.7. The third-order valence-corrected chi connectivity index (χ3v) is 5.52. The fourth-order valence-corrected chi connectivity index (χ4v) is 3.89. The number of aryl methyl sites for hydroxylation is 1. The Kier molecular flexibility index (Phi) is 4.29. The monoisotopic (exact) mass is 398 g/mol. The van der Waals surface area contributed by atoms with E-state index in [-0.39, 0.29) is 11.9 Å². The number of piperidine rings is 1. The van der Waals surface area contributed by atoms with Gasteiger partial charge >= 0.3 is 0 Å². The lowest BCUT2D eigenvalue weighted by Crippen LogP contribution is -2.39. The Morgan fingerprint density at radius 3 is 2.68 bits per heavy atom. The van der Waals surface area contributed by atoms with Crippen LogP contribution in [0.5, 0.6) is 0 Å². The summed E-state index contributed by atoms with van der Waals surface area (Å²) in [6, 6.07) is 14.1. The molecule has 3 aromatic rings. The summed E-state index contributed by atoms with van der Waals surface area (Å²) in [5.74, 6) is 0.0880. The molecule has 1 aliphatic heterocycles. The van der Waals surface area contributed by atoms with Crippen molar-refractivity contribution in [1.82, 2.24) is 19.9 Å². The van der Waals surface area contributed by atoms with Crippen molar-refractivity contribution in [3.05, 3.63) is 58.1 Å². The van der Waals surface area contributed by atoms with Crippen molar-refractivity contribution in [2.24, 2.45) is 0 Å². The zero-order valence-electron chi connectivity index (χ0n) is 14.0. The highest BCUT2D eigenvalue weighted by molar-refractivity contribution is 9.10. The summed E-state index contributed by atoms with van der Waals surface area (Å²) in [6.07, 6.45) is 1.78. The number of aromatic nitrogens is 3. The Labute approximate surface area is 154 Å². The lowest BCUT2D eigenvalue weighted by atomic mass is 10.0. The van der Waals surface area contributed by atoms with E-state index in [4.69, 9.17) is 0 Å². The highest BCUT2D eigenvalue weighted by Crippen LogP contribution is 2.27. The number of hydrogen-bond acceptors (Lipinski definition) is 3. The quantitative estimate of drug-likeness (QED) is 0.655. The molecule has 6 heteroatoms. The average molecular weight is 399 g/mol. The Bertz CT molecular complexity index is 928. The second-order valence-corrected chi connectivity index (χ2v) is 7.38. The van der Waals surface area contributed by atoms with Crippen molar-refractivity contribution in [2.45, 2.75) is 25.8 Å². The normalized spacial score (nSPS) is 15.7. The summed E-state index contributed by atoms with van der Waals surface area (Å²) >= 11 is 3.47. The molecular formula is C19H19BrN4O. The van der Waals surface area contributed by atoms with Crippen LogP contribution in [0.25, 0.3) is 11.0 Å². The van der Waals surface area contributed by atoms with Gasteiger partial charge in [0, 0.05) is 17.6 Å². The van der Waals surface area contributed by atoms with Gasteiger partial charge in [-0.3, -0.25) is 4.79 Å². The number of carbonyl (C=O) groups is 1. The first-order valence-corrected chi connectivity index (χ1v) is 9.28. The van der Waals surface area contributed by atoms with Crippen molar-refractivity contribution in [3.63, 3.8) is 0 Å². The standard InChI is InChI=1S/C19H19BrN4O/c1-13-6-7-18-17(12-13)21-22-24(18)14-8-10-23(11-9-14)19(25)15-4-2-3-5-16(15)20/h2-7,12,14H,8-11H2,1H3. The Morgan fingerprint density at radius 1 is 1.16 bits per heavy atom. The average Bonchev–Trinajstić information content (AvgIpc) is 3.04. The molecule has 0 spiro atoms. The van der Waals surface area contributed by atoms with Crippen LogP contribution in [0.3, 0.4) is 0 Å². The molecule has 0 saturated carbocycles. The number of carbonyl (C=O) groups excluding carboxylic acids is 1. The van der Waals surface area contributed by atoms with Crippen LogP contribution in [0.2, 0.25) is 0 Å². The summed E-state index contributed by atoms with van der Waals surface area (Å²) < 4.78 is 2.87. The summed E-state index contributed by atoms with van der Waals surface area (Å²) in [6.45, 7) is 3.53. The van der Waals surface area contributed by atoms with E-state index in [0.717, 1.165) is 47.0 Å². The van der Waals surface area contributed by atoms with Gasteiger partial charge in [-0.15, -0.1) is 5.10 Å². The largest absolute Gasteiger partial charge is 0.338 e. The second kappa shape index (κ2) is 6.59. The molecule has 128 valence electrons. The van der Waals surface area contributed by atoms with Gasteiger partial charge < -0.3 is 4.90 Å². The Hall–Kier alpha value is -2.21. The lowest BCUT2D eigenvalue weighted by molar-refractivity contribution is 0.0690. The minimum absolute atomic E-state index is 0.0880. The molecule has 5 nitrogen and oxygen atoms in total. The van der Waals surface area contributed by atoms with Gasteiger partial charge in [-0.2, -0.15) is 0 Å². The maximum atomic E-state index is 12.7. The molecule has 4 rings (SSSR count). The smallest absolute Gasteiger partial charge is 0.254 e. The lowest BCUT2D eigenvalue weighted by Gasteiger charge is -2.32. The molecule has 1 saturated heterocycles. The molecule has 1 aliphatic rings. The Balaban J connectivity index is 1.49. The van der Waals surface area contributed by atoms with Gasteiger partial charge in [0.1, 0.15) is 5.52 Å². The van der Waals surface area contributed by atoms with Gasteiger partial charge in [0.25, 0.3) is 5.91 Å². The number of amides is 1. The number of benzene rings is 2. The van der Waals surface area contributed by atoms with Gasteiger partial charge in [0.15, 0.2) is 0 Å². The summed E-state index contributed by atoms with van der Waals surface area (Å²) in [7, 11) is 0. The zero-order valence-corrected chi connectivity index (χ0v) is 15.6. The molecule has 0 aliphatic carbocycles. The van der Waals surface area contributed by atoms with Crippen molar-refractivity contribution in [3.8, 4) is 0 Å². The second-order valence-electron chi connectivity index (χ2n) is 6.53. The van der Waals surface area contributed by atoms with Crippen LogP contribution < -0.4 is 0 Å². The van der Waals surface area contributed by atoms with Gasteiger partial charge in [-0.25, -0.2) is 4.68 Å². The van der Waals surface area contributed by atoms with Crippen molar-refractivity contribution >= 4 is 32.9 Å². The molecule has 0 unspecified atom stereocenters. The van der Waals surface area contributed by atoms with Gasteiger partial charge in [0.2, 0.25) is 0 Å². The van der Waals surface area contributed by atoms with E-state index >= 15 is 0 Å². The third kappa shape index (κ3) is 3.06. The molecule has 1 fully saturated rings. The molecule has 0 atom stereocenters. The number of fused-ring (bicyclic) bond motifs is 1. The SMILES string of the molecule is Cc1ccc2c(c1)nnn2C1CCN(C(=O)c2ccccc2Br)CC1. The third-order valence-electron chi connectivity index (χ3n) is 4.83. The number of likely N-dealkylation sites (tertiary alicyclic amines) is 1. The topological polar surface area (TPSA) is 51.0 Å². The van der Waals surface area contributed by atoms with Gasteiger partial charge in [-0.1, -0.05) is 23.4 Å². The highest BCUT2D eigenvalue weighted by Gasteiger charge is 2.26. The van der Waals surface area contributed by atoms with Crippen LogP contribution in [0.15, 0.2) is 46.9 Å². The minimum atomic E-state index is 0.0880. The van der Waals surface area contributed by atoms with Crippen LogP contribution >= 0.6 is 15.9 Å². The van der Waals surface area contributed by atoms with E-state index in [9.17, 15) is 4.79 Å². The van der Waals surface area contributed by atoms with Crippen LogP contribution in [0.1, 0.15) is 34.8 Å². The molecule has 0 bridgehead atoms. The minimum Gasteiger partial charge on any atom is -0.338 e. The fraction of sp³-hybridized carbons (Fsp3) is 0.316. The number of hydrogen-bond donors (Lipinski definition) is 0. The number of rotatable bonds is 2. The van der Waals surface area contributed by atoms with E-state index in [1.54, 1.807) is 0 Å². The molecular weight excluding hydrogens is 380 g/mol. The van der Waals surface area contributed by atoms with Crippen molar-refractivity contribution in [2.75, 3.05) is 13.1 Å². The zero-order chi connectivity index (χ0) is 17.4. The first-order valence-electron chi connectivity index (χ1n) is 8.49. The molecule has 2 aromatic carbocycles. The predicted octanol–water partition coefficient (Wildman–Crippen LogP) is 3.98. The molecule has 1 amide bonds. The van der Waals surface area contributed by atoms with Gasteiger partial charge in [-0.05, 0) is 65.5 Å². The van der Waals surface area contributed by atoms with Gasteiger partial charge in [0.05, 0.1) is 17.1 Å². The van der Waals surface area contributed by atoms with E-state index in [1.807, 2.05) is 33.8 Å². The Morgan fingerprint density at radius 2 is 1.92 bits per heavy atom. The predicted molar refractivity (Wildman–Crippen MR) is 101 cm³/mol. The summed E-state index contributed by atoms with van der Waals surface area (Å²) in [4.78, 5) is 14.7. The first-order chi connectivity index (χ1) is 12.1.